The molecule has 0 bridgehead atoms. The number of benzene rings is 1. The van der Waals surface area contributed by atoms with Crippen LogP contribution in [0.15, 0.2) is 53.8 Å². The van der Waals surface area contributed by atoms with Crippen molar-refractivity contribution in [3.63, 3.8) is 0 Å². The molecule has 80 valence electrons. The lowest BCUT2D eigenvalue weighted by Gasteiger charge is -1.81. The lowest BCUT2D eigenvalue weighted by Crippen LogP contribution is -1.99. The van der Waals surface area contributed by atoms with E-state index >= 15 is 0 Å². The van der Waals surface area contributed by atoms with E-state index in [0.717, 1.165) is 11.0 Å². The van der Waals surface area contributed by atoms with E-state index in [9.17, 15) is 4.79 Å². The summed E-state index contributed by atoms with van der Waals surface area (Å²) in [7, 11) is 0. The molecule has 16 heavy (non-hydrogen) atoms. The van der Waals surface area contributed by atoms with Gasteiger partial charge in [-0.15, -0.1) is 0 Å². The van der Waals surface area contributed by atoms with E-state index < -0.39 is 0 Å². The monoisotopic (exact) mass is 214 g/mol. The van der Waals surface area contributed by atoms with Gasteiger partial charge in [-0.05, 0) is 18.2 Å². The SMILES string of the molecule is O=c1[nH]c2ccccc2[nH]1.c1cncnc1. The van der Waals surface area contributed by atoms with Gasteiger partial charge in [0.25, 0.3) is 0 Å². The van der Waals surface area contributed by atoms with Crippen LogP contribution in [0, 0.1) is 0 Å². The first kappa shape index (κ1) is 10.1. The third kappa shape index (κ3) is 2.54. The fourth-order valence-corrected chi connectivity index (χ4v) is 1.23. The molecule has 5 heteroatoms. The van der Waals surface area contributed by atoms with Crippen LogP contribution in [0.1, 0.15) is 0 Å². The average molecular weight is 214 g/mol. The Kier molecular flexibility index (Phi) is 3.08. The van der Waals surface area contributed by atoms with Crippen molar-refractivity contribution in [3.8, 4) is 0 Å². The molecule has 0 amide bonds. The van der Waals surface area contributed by atoms with Crippen molar-refractivity contribution in [2.24, 2.45) is 0 Å². The Morgan fingerprint density at radius 3 is 1.81 bits per heavy atom. The van der Waals surface area contributed by atoms with Crippen LogP contribution in [0.4, 0.5) is 0 Å². The molecule has 0 aliphatic heterocycles. The predicted molar refractivity (Wildman–Crippen MR) is 61.0 cm³/mol. The van der Waals surface area contributed by atoms with Gasteiger partial charge in [-0.1, -0.05) is 12.1 Å². The summed E-state index contributed by atoms with van der Waals surface area (Å²) in [5, 5.41) is 0. The second-order valence-corrected chi connectivity index (χ2v) is 3.03. The number of nitrogens with zero attached hydrogens (tertiary/aromatic N) is 2. The fourth-order valence-electron chi connectivity index (χ4n) is 1.23. The van der Waals surface area contributed by atoms with Crippen molar-refractivity contribution < 1.29 is 0 Å². The minimum absolute atomic E-state index is 0.152. The molecule has 2 heterocycles. The maximum Gasteiger partial charge on any atom is 0.323 e. The molecule has 0 saturated heterocycles. The second kappa shape index (κ2) is 4.88. The molecule has 0 unspecified atom stereocenters. The van der Waals surface area contributed by atoms with Gasteiger partial charge >= 0.3 is 5.69 Å². The van der Waals surface area contributed by atoms with Crippen LogP contribution >= 0.6 is 0 Å². The molecule has 2 aromatic heterocycles. The quantitative estimate of drug-likeness (QED) is 0.593. The van der Waals surface area contributed by atoms with Crippen LogP contribution in [-0.4, -0.2) is 19.9 Å². The molecule has 0 aliphatic rings. The Bertz CT molecular complexity index is 537. The normalized spacial score (nSPS) is 9.50. The van der Waals surface area contributed by atoms with Crippen LogP contribution in [0.5, 0.6) is 0 Å². The van der Waals surface area contributed by atoms with Crippen LogP contribution in [0.2, 0.25) is 0 Å². The largest absolute Gasteiger partial charge is 0.323 e. The number of fused-ring (bicyclic) bond motifs is 1. The van der Waals surface area contributed by atoms with Crippen LogP contribution in [0.25, 0.3) is 11.0 Å². The maximum absolute atomic E-state index is 10.7. The highest BCUT2D eigenvalue weighted by Gasteiger charge is 1.92. The zero-order chi connectivity index (χ0) is 11.2. The first-order valence-corrected chi connectivity index (χ1v) is 4.73. The molecule has 5 nitrogen and oxygen atoms in total. The molecule has 0 fully saturated rings. The Morgan fingerprint density at radius 1 is 0.875 bits per heavy atom. The summed E-state index contributed by atoms with van der Waals surface area (Å²) in [5.74, 6) is 0. The van der Waals surface area contributed by atoms with E-state index in [-0.39, 0.29) is 5.69 Å². The predicted octanol–water partition coefficient (Wildman–Crippen LogP) is 1.33. The van der Waals surface area contributed by atoms with Gasteiger partial charge in [-0.3, -0.25) is 0 Å². The highest BCUT2D eigenvalue weighted by atomic mass is 16.1. The van der Waals surface area contributed by atoms with Gasteiger partial charge in [0, 0.05) is 12.4 Å². The summed E-state index contributed by atoms with van der Waals surface area (Å²) in [5.41, 5.74) is 1.56. The number of rotatable bonds is 0. The number of hydrogen-bond acceptors (Lipinski definition) is 3. The van der Waals surface area contributed by atoms with Gasteiger partial charge in [0.15, 0.2) is 0 Å². The van der Waals surface area contributed by atoms with E-state index in [1.54, 1.807) is 18.5 Å². The molecular weight excluding hydrogens is 204 g/mol. The Balaban J connectivity index is 0.000000138. The van der Waals surface area contributed by atoms with Crippen LogP contribution in [0.3, 0.4) is 0 Å². The highest BCUT2D eigenvalue weighted by Crippen LogP contribution is 2.03. The topological polar surface area (TPSA) is 74.4 Å². The number of nitrogens with one attached hydrogen (secondary N) is 2. The number of aromatic nitrogens is 4. The molecule has 0 saturated carbocycles. The summed E-state index contributed by atoms with van der Waals surface area (Å²) in [6, 6.07) is 9.25. The number of hydrogen-bond donors (Lipinski definition) is 2. The molecule has 0 spiro atoms. The number of para-hydroxylation sites is 2. The lowest BCUT2D eigenvalue weighted by molar-refractivity contribution is 1.17. The summed E-state index contributed by atoms with van der Waals surface area (Å²) >= 11 is 0. The van der Waals surface area contributed by atoms with E-state index in [4.69, 9.17) is 0 Å². The van der Waals surface area contributed by atoms with E-state index in [1.165, 1.54) is 6.33 Å². The van der Waals surface area contributed by atoms with E-state index in [1.807, 2.05) is 24.3 Å². The number of aromatic amines is 2. The minimum atomic E-state index is -0.152. The maximum atomic E-state index is 10.7. The standard InChI is InChI=1S/C7H6N2O.C4H4N2/c10-7-8-5-3-1-2-4-6(5)9-7;1-2-5-4-6-3-1/h1-4H,(H2,8,9,10);1-4H. The Labute approximate surface area is 91.2 Å². The molecule has 3 rings (SSSR count). The second-order valence-electron chi connectivity index (χ2n) is 3.03. The molecule has 0 aliphatic carbocycles. The van der Waals surface area contributed by atoms with Gasteiger partial charge in [-0.25, -0.2) is 14.8 Å². The first-order chi connectivity index (χ1) is 7.86. The summed E-state index contributed by atoms with van der Waals surface area (Å²) < 4.78 is 0. The first-order valence-electron chi connectivity index (χ1n) is 4.73. The third-order valence-corrected chi connectivity index (χ3v) is 1.90. The van der Waals surface area contributed by atoms with Crippen molar-refractivity contribution in [1.29, 1.82) is 0 Å². The Hall–Kier alpha value is -2.43. The summed E-state index contributed by atoms with van der Waals surface area (Å²) in [6.45, 7) is 0. The van der Waals surface area contributed by atoms with Crippen molar-refractivity contribution in [3.05, 3.63) is 59.5 Å². The van der Waals surface area contributed by atoms with E-state index in [0.29, 0.717) is 0 Å². The molecule has 1 aromatic carbocycles. The summed E-state index contributed by atoms with van der Waals surface area (Å²) in [6.07, 6.45) is 4.88. The number of imidazole rings is 1. The van der Waals surface area contributed by atoms with Crippen molar-refractivity contribution >= 4 is 11.0 Å². The van der Waals surface area contributed by atoms with Gasteiger partial charge in [0.1, 0.15) is 6.33 Å². The molecular formula is C11H10N4O. The molecule has 3 aromatic rings. The fraction of sp³-hybridized carbons (Fsp3) is 0. The van der Waals surface area contributed by atoms with Gasteiger partial charge in [-0.2, -0.15) is 0 Å². The van der Waals surface area contributed by atoms with Crippen molar-refractivity contribution in [2.45, 2.75) is 0 Å². The third-order valence-electron chi connectivity index (χ3n) is 1.90. The number of H-pyrrole nitrogens is 2. The summed E-state index contributed by atoms with van der Waals surface area (Å²) in [4.78, 5) is 23.3. The van der Waals surface area contributed by atoms with Crippen molar-refractivity contribution in [2.75, 3.05) is 0 Å². The molecule has 2 N–H and O–H groups in total. The zero-order valence-electron chi connectivity index (χ0n) is 8.42. The van der Waals surface area contributed by atoms with Crippen LogP contribution < -0.4 is 5.69 Å². The van der Waals surface area contributed by atoms with E-state index in [2.05, 4.69) is 19.9 Å². The molecule has 0 atom stereocenters. The lowest BCUT2D eigenvalue weighted by atomic mass is 10.3. The van der Waals surface area contributed by atoms with Gasteiger partial charge in [0.2, 0.25) is 0 Å². The van der Waals surface area contributed by atoms with Gasteiger partial charge < -0.3 is 9.97 Å². The highest BCUT2D eigenvalue weighted by molar-refractivity contribution is 5.73. The van der Waals surface area contributed by atoms with Crippen LogP contribution in [-0.2, 0) is 0 Å². The molecule has 0 radical (unpaired) electrons. The average Bonchev–Trinajstić information content (AvgIpc) is 2.72. The smallest absolute Gasteiger partial charge is 0.306 e. The van der Waals surface area contributed by atoms with Gasteiger partial charge in [0.05, 0.1) is 11.0 Å². The minimum Gasteiger partial charge on any atom is -0.306 e. The zero-order valence-corrected chi connectivity index (χ0v) is 8.42. The van der Waals surface area contributed by atoms with Crippen molar-refractivity contribution in [1.82, 2.24) is 19.9 Å². The Morgan fingerprint density at radius 2 is 1.44 bits per heavy atom.